The number of halogens is 1. The molecule has 72 heavy (non-hydrogen) atoms. The Morgan fingerprint density at radius 1 is 0.722 bits per heavy atom. The second kappa shape index (κ2) is 22.0. The predicted octanol–water partition coefficient (Wildman–Crippen LogP) is 4.57. The average Bonchev–Trinajstić information content (AvgIpc) is 4.27. The predicted molar refractivity (Wildman–Crippen MR) is 270 cm³/mol. The lowest BCUT2D eigenvalue weighted by atomic mass is 9.95. The van der Waals surface area contributed by atoms with Crippen LogP contribution in [-0.2, 0) is 22.6 Å². The Kier molecular flexibility index (Phi) is 14.8. The van der Waals surface area contributed by atoms with Gasteiger partial charge >= 0.3 is 0 Å². The van der Waals surface area contributed by atoms with E-state index in [4.69, 9.17) is 4.98 Å². The van der Waals surface area contributed by atoms with E-state index >= 15 is 4.39 Å². The highest BCUT2D eigenvalue weighted by Gasteiger charge is 2.31. The number of hydrogen-bond donors (Lipinski definition) is 3. The van der Waals surface area contributed by atoms with Crippen molar-refractivity contribution in [2.75, 3.05) is 90.4 Å². The number of H-pyrrole nitrogens is 1. The van der Waals surface area contributed by atoms with Crippen LogP contribution in [0.4, 0.5) is 10.1 Å². The summed E-state index contributed by atoms with van der Waals surface area (Å²) in [5.41, 5.74) is 5.50. The molecule has 0 spiro atoms. The van der Waals surface area contributed by atoms with E-state index in [0.717, 1.165) is 62.4 Å². The Labute approximate surface area is 416 Å². The number of likely N-dealkylation sites (tertiary alicyclic amines) is 1. The molecule has 17 nitrogen and oxygen atoms in total. The summed E-state index contributed by atoms with van der Waals surface area (Å²) in [6.45, 7) is 7.37. The molecule has 0 radical (unpaired) electrons. The molecule has 3 aromatic heterocycles. The van der Waals surface area contributed by atoms with Crippen molar-refractivity contribution in [3.63, 3.8) is 0 Å². The minimum Gasteiger partial charge on any atom is -0.338 e. The number of anilines is 1. The molecule has 1 saturated carbocycles. The van der Waals surface area contributed by atoms with Gasteiger partial charge in [0.05, 0.1) is 41.1 Å². The number of carbonyl (C=O) groups is 4. The molecule has 0 atom stereocenters. The molecule has 3 saturated heterocycles. The van der Waals surface area contributed by atoms with Crippen LogP contribution in [0.15, 0.2) is 102 Å². The molecule has 18 heteroatoms. The van der Waals surface area contributed by atoms with Crippen LogP contribution in [0.3, 0.4) is 0 Å². The smallest absolute Gasteiger partial charge is 0.274 e. The number of aromatic nitrogens is 5. The zero-order valence-electron chi connectivity index (χ0n) is 40.3. The summed E-state index contributed by atoms with van der Waals surface area (Å²) < 4.78 is 15.1. The Bertz CT molecular complexity index is 3000. The molecule has 6 aromatic rings. The molecule has 3 N–H and O–H groups in total. The Hall–Kier alpha value is -7.28. The Balaban J connectivity index is 0.674. The first-order valence-corrected chi connectivity index (χ1v) is 25.0. The lowest BCUT2D eigenvalue weighted by Gasteiger charge is -2.40. The molecule has 1 aliphatic carbocycles. The number of carbonyl (C=O) groups excluding carboxylic acids is 4. The third kappa shape index (κ3) is 11.6. The molecule has 3 aromatic carbocycles. The highest BCUT2D eigenvalue weighted by atomic mass is 19.1. The second-order valence-electron chi connectivity index (χ2n) is 19.4. The summed E-state index contributed by atoms with van der Waals surface area (Å²) in [7, 11) is 0. The first-order valence-electron chi connectivity index (χ1n) is 25.0. The van der Waals surface area contributed by atoms with Crippen molar-refractivity contribution < 1.29 is 23.6 Å². The zero-order valence-corrected chi connectivity index (χ0v) is 40.3. The third-order valence-corrected chi connectivity index (χ3v) is 14.4. The minimum atomic E-state index is -0.611. The van der Waals surface area contributed by atoms with Crippen LogP contribution in [0.5, 0.6) is 0 Å². The Morgan fingerprint density at radius 2 is 1.47 bits per heavy atom. The molecule has 4 aliphatic rings. The van der Waals surface area contributed by atoms with Crippen molar-refractivity contribution in [1.29, 1.82) is 0 Å². The van der Waals surface area contributed by atoms with E-state index in [9.17, 15) is 24.0 Å². The molecule has 10 rings (SSSR count). The number of pyridine rings is 1. The maximum absolute atomic E-state index is 15.1. The van der Waals surface area contributed by atoms with Gasteiger partial charge < -0.3 is 30.2 Å². The Morgan fingerprint density at radius 3 is 2.24 bits per heavy atom. The van der Waals surface area contributed by atoms with Crippen molar-refractivity contribution >= 4 is 40.1 Å². The molecular formula is C54H59FN12O5. The van der Waals surface area contributed by atoms with E-state index in [1.165, 1.54) is 30.8 Å². The lowest BCUT2D eigenvalue weighted by molar-refractivity contribution is -0.134. The zero-order chi connectivity index (χ0) is 49.6. The second-order valence-corrected chi connectivity index (χ2v) is 19.4. The van der Waals surface area contributed by atoms with Gasteiger partial charge in [0.25, 0.3) is 17.4 Å². The van der Waals surface area contributed by atoms with Crippen LogP contribution < -0.4 is 16.2 Å². The highest BCUT2D eigenvalue weighted by Crippen LogP contribution is 2.41. The number of fused-ring (bicyclic) bond motifs is 1. The van der Waals surface area contributed by atoms with Gasteiger partial charge in [-0.15, -0.1) is 0 Å². The van der Waals surface area contributed by atoms with Gasteiger partial charge in [0.2, 0.25) is 11.8 Å². The number of rotatable bonds is 15. The first kappa shape index (κ1) is 48.4. The molecule has 4 fully saturated rings. The van der Waals surface area contributed by atoms with E-state index in [2.05, 4.69) is 52.7 Å². The molecule has 0 unspecified atom stereocenters. The number of amides is 4. The fourth-order valence-electron chi connectivity index (χ4n) is 10.1. The molecule has 4 amide bonds. The number of aromatic amines is 1. The summed E-state index contributed by atoms with van der Waals surface area (Å²) in [6.07, 6.45) is 9.23. The monoisotopic (exact) mass is 974 g/mol. The summed E-state index contributed by atoms with van der Waals surface area (Å²) >= 11 is 0. The van der Waals surface area contributed by atoms with E-state index < -0.39 is 11.7 Å². The number of piperazine rings is 2. The number of piperidine rings is 1. The maximum Gasteiger partial charge on any atom is 0.274 e. The van der Waals surface area contributed by atoms with Crippen molar-refractivity contribution in [2.45, 2.75) is 44.6 Å². The van der Waals surface area contributed by atoms with Crippen LogP contribution in [0.25, 0.3) is 21.9 Å². The van der Waals surface area contributed by atoms with Gasteiger partial charge in [-0.2, -0.15) is 5.10 Å². The third-order valence-electron chi connectivity index (χ3n) is 14.4. The van der Waals surface area contributed by atoms with Gasteiger partial charge in [-0.25, -0.2) is 24.4 Å². The van der Waals surface area contributed by atoms with Crippen molar-refractivity contribution in [2.24, 2.45) is 5.92 Å². The summed E-state index contributed by atoms with van der Waals surface area (Å²) in [4.78, 5) is 89.5. The van der Waals surface area contributed by atoms with Gasteiger partial charge in [-0.3, -0.25) is 28.9 Å². The topological polar surface area (TPSA) is 193 Å². The normalized spacial score (nSPS) is 17.0. The molecular weight excluding hydrogens is 916 g/mol. The SMILES string of the molecule is O=C(CNCc1ccncn1)Nc1cc(-c2cccc(C3CC3)c2)cnc1C(=O)N1CCC(CN2CCN(CC(=O)N3CCN(C(=O)c4cc(Cc5n[nH]c(=O)c6ccccc56)ccc4F)CC3)CC2)CC1. The number of benzene rings is 3. The van der Waals surface area contributed by atoms with Crippen LogP contribution in [0.2, 0.25) is 0 Å². The first-order chi connectivity index (χ1) is 35.1. The molecule has 6 heterocycles. The summed E-state index contributed by atoms with van der Waals surface area (Å²) in [6, 6.07) is 23.7. The van der Waals surface area contributed by atoms with Gasteiger partial charge in [0.15, 0.2) is 5.69 Å². The van der Waals surface area contributed by atoms with Gasteiger partial charge in [-0.05, 0) is 84.5 Å². The fourth-order valence-corrected chi connectivity index (χ4v) is 10.1. The van der Waals surface area contributed by atoms with Crippen molar-refractivity contribution in [3.05, 3.63) is 148 Å². The fraction of sp³-hybridized carbons (Fsp3) is 0.389. The molecule has 0 bridgehead atoms. The van der Waals surface area contributed by atoms with E-state index in [1.54, 1.807) is 52.5 Å². The van der Waals surface area contributed by atoms with Gasteiger partial charge in [0, 0.05) is 108 Å². The minimum absolute atomic E-state index is 0.0197. The average molecular weight is 975 g/mol. The molecule has 372 valence electrons. The van der Waals surface area contributed by atoms with Crippen molar-refractivity contribution in [3.8, 4) is 11.1 Å². The van der Waals surface area contributed by atoms with Crippen molar-refractivity contribution in [1.82, 2.24) is 55.0 Å². The molecule has 3 aliphatic heterocycles. The maximum atomic E-state index is 15.1. The van der Waals surface area contributed by atoms with Crippen LogP contribution in [-0.4, -0.2) is 158 Å². The number of hydrogen-bond acceptors (Lipinski definition) is 12. The quantitative estimate of drug-likeness (QED) is 0.130. The van der Waals surface area contributed by atoms with Crippen LogP contribution in [0, 0.1) is 11.7 Å². The van der Waals surface area contributed by atoms with Gasteiger partial charge in [-0.1, -0.05) is 48.5 Å². The van der Waals surface area contributed by atoms with E-state index in [0.29, 0.717) is 98.3 Å². The summed E-state index contributed by atoms with van der Waals surface area (Å²) in [5, 5.41) is 14.1. The van der Waals surface area contributed by atoms with Crippen LogP contribution in [0.1, 0.15) is 75.0 Å². The largest absolute Gasteiger partial charge is 0.338 e. The van der Waals surface area contributed by atoms with E-state index in [1.807, 2.05) is 35.2 Å². The number of nitrogens with zero attached hydrogens (tertiary/aromatic N) is 9. The summed E-state index contributed by atoms with van der Waals surface area (Å²) in [5.74, 6) is -0.499. The van der Waals surface area contributed by atoms with E-state index in [-0.39, 0.29) is 41.1 Å². The lowest BCUT2D eigenvalue weighted by Crippen LogP contribution is -2.55. The number of nitrogens with one attached hydrogen (secondary N) is 3. The standard InChI is InChI=1S/C54H59FN12O5/c55-46-11-8-37(27-47-43-6-1-2-7-44(43)52(70)62-61-47)26-45(46)53(71)67-24-22-65(23-25-67)50(69)34-64-20-18-63(19-21-64)33-36-13-16-66(17-14-36)54(72)51-48(60-49(68)32-57-31-42-12-15-56-35-59-42)29-41(30-58-51)40-5-3-4-39(28-40)38-9-10-38/h1-8,11-12,15,26,28-30,35-36,38,57H,9-10,13-14,16-25,27,31-34H2,(H,60,68)(H,62,70). The van der Waals surface area contributed by atoms with Gasteiger partial charge in [0.1, 0.15) is 12.1 Å². The van der Waals surface area contributed by atoms with Crippen LogP contribution >= 0.6 is 0 Å². The highest BCUT2D eigenvalue weighted by molar-refractivity contribution is 6.03.